The molecule has 2 heterocycles. The molecule has 4 rings (SSSR count). The van der Waals surface area contributed by atoms with Gasteiger partial charge in [0.15, 0.2) is 0 Å². The molecule has 1 fully saturated rings. The number of rotatable bonds is 9. The van der Waals surface area contributed by atoms with Crippen LogP contribution in [0.3, 0.4) is 0 Å². The van der Waals surface area contributed by atoms with E-state index in [0.717, 1.165) is 61.6 Å². The number of benzene rings is 2. The minimum absolute atomic E-state index is 0.125. The van der Waals surface area contributed by atoms with Gasteiger partial charge in [0.2, 0.25) is 0 Å². The standard InChI is InChI=1S/C28H37FN4O2/c1-20-24(18-32(3)30-20)17-31(2)27(15-22-7-5-6-8-26(22)29)21-11-13-33(14-12-21)19-23-9-10-25(34)16-28(23)35-4/h5-10,16,18,21,27,34H,11-15,17,19H2,1-4H3. The first kappa shape index (κ1) is 25.2. The molecule has 1 aliphatic rings. The van der Waals surface area contributed by atoms with Gasteiger partial charge < -0.3 is 9.84 Å². The van der Waals surface area contributed by atoms with Crippen LogP contribution in [-0.4, -0.2) is 58.0 Å². The van der Waals surface area contributed by atoms with Crippen LogP contribution in [0.1, 0.15) is 35.2 Å². The van der Waals surface area contributed by atoms with E-state index in [0.29, 0.717) is 12.3 Å². The lowest BCUT2D eigenvalue weighted by Crippen LogP contribution is -2.45. The number of phenolic OH excluding ortho intramolecular Hbond substituents is 1. The number of likely N-dealkylation sites (tertiary alicyclic amines) is 1. The minimum atomic E-state index is -0.125. The zero-order valence-corrected chi connectivity index (χ0v) is 21.2. The number of hydrogen-bond donors (Lipinski definition) is 1. The van der Waals surface area contributed by atoms with E-state index in [4.69, 9.17) is 4.74 Å². The Hall–Kier alpha value is -2.90. The second-order valence-corrected chi connectivity index (χ2v) is 9.80. The molecule has 1 aliphatic heterocycles. The number of halogens is 1. The second kappa shape index (κ2) is 11.2. The van der Waals surface area contributed by atoms with Crippen molar-refractivity contribution in [1.82, 2.24) is 19.6 Å². The molecule has 2 aromatic carbocycles. The summed E-state index contributed by atoms with van der Waals surface area (Å²) in [5.41, 5.74) is 4.12. The summed E-state index contributed by atoms with van der Waals surface area (Å²) in [6.45, 7) is 5.58. The van der Waals surface area contributed by atoms with Crippen molar-refractivity contribution in [3.8, 4) is 11.5 Å². The Labute approximate surface area is 207 Å². The van der Waals surface area contributed by atoms with E-state index in [2.05, 4.69) is 28.1 Å². The van der Waals surface area contributed by atoms with Crippen molar-refractivity contribution in [3.05, 3.63) is 76.9 Å². The summed E-state index contributed by atoms with van der Waals surface area (Å²) in [7, 11) is 5.75. The van der Waals surface area contributed by atoms with Gasteiger partial charge in [-0.15, -0.1) is 0 Å². The largest absolute Gasteiger partial charge is 0.508 e. The Morgan fingerprint density at radius 2 is 1.89 bits per heavy atom. The number of aromatic hydroxyl groups is 1. The number of methoxy groups -OCH3 is 1. The normalized spacial score (nSPS) is 16.1. The van der Waals surface area contributed by atoms with E-state index in [1.54, 1.807) is 31.4 Å². The van der Waals surface area contributed by atoms with Crippen molar-refractivity contribution < 1.29 is 14.2 Å². The molecular weight excluding hydrogens is 443 g/mol. The molecule has 35 heavy (non-hydrogen) atoms. The van der Waals surface area contributed by atoms with Gasteiger partial charge in [-0.3, -0.25) is 14.5 Å². The third-order valence-corrected chi connectivity index (χ3v) is 7.33. The lowest BCUT2D eigenvalue weighted by molar-refractivity contribution is 0.0944. The average molecular weight is 481 g/mol. The molecule has 1 saturated heterocycles. The Kier molecular flexibility index (Phi) is 8.08. The lowest BCUT2D eigenvalue weighted by atomic mass is 9.84. The molecule has 3 aromatic rings. The zero-order valence-electron chi connectivity index (χ0n) is 21.2. The van der Waals surface area contributed by atoms with E-state index in [-0.39, 0.29) is 17.6 Å². The fourth-order valence-corrected chi connectivity index (χ4v) is 5.36. The van der Waals surface area contributed by atoms with Gasteiger partial charge in [-0.1, -0.05) is 24.3 Å². The third kappa shape index (κ3) is 6.21. The van der Waals surface area contributed by atoms with Crippen LogP contribution in [-0.2, 0) is 26.6 Å². The van der Waals surface area contributed by atoms with Gasteiger partial charge in [0.25, 0.3) is 0 Å². The average Bonchev–Trinajstić information content (AvgIpc) is 3.16. The number of aryl methyl sites for hydroxylation is 2. The molecule has 0 bridgehead atoms. The van der Waals surface area contributed by atoms with Gasteiger partial charge >= 0.3 is 0 Å². The molecule has 1 aromatic heterocycles. The van der Waals surface area contributed by atoms with Crippen LogP contribution >= 0.6 is 0 Å². The van der Waals surface area contributed by atoms with Crippen molar-refractivity contribution in [2.45, 2.75) is 45.3 Å². The first-order chi connectivity index (χ1) is 16.8. The Morgan fingerprint density at radius 1 is 1.14 bits per heavy atom. The van der Waals surface area contributed by atoms with E-state index < -0.39 is 0 Å². The van der Waals surface area contributed by atoms with E-state index in [1.165, 1.54) is 5.56 Å². The maximum Gasteiger partial charge on any atom is 0.127 e. The number of nitrogens with zero attached hydrogens (tertiary/aromatic N) is 4. The highest BCUT2D eigenvalue weighted by atomic mass is 19.1. The number of likely N-dealkylation sites (N-methyl/N-ethyl adjacent to an activating group) is 1. The summed E-state index contributed by atoms with van der Waals surface area (Å²) in [5.74, 6) is 1.28. The summed E-state index contributed by atoms with van der Waals surface area (Å²) in [6.07, 6.45) is 4.88. The van der Waals surface area contributed by atoms with Gasteiger partial charge in [0.05, 0.1) is 12.8 Å². The summed E-state index contributed by atoms with van der Waals surface area (Å²) >= 11 is 0. The summed E-state index contributed by atoms with van der Waals surface area (Å²) in [5, 5.41) is 14.3. The summed E-state index contributed by atoms with van der Waals surface area (Å²) in [6, 6.07) is 12.7. The van der Waals surface area contributed by atoms with Gasteiger partial charge in [0.1, 0.15) is 17.3 Å². The van der Waals surface area contributed by atoms with E-state index in [1.807, 2.05) is 36.9 Å². The highest BCUT2D eigenvalue weighted by molar-refractivity contribution is 5.40. The Morgan fingerprint density at radius 3 is 2.54 bits per heavy atom. The van der Waals surface area contributed by atoms with Crippen molar-refractivity contribution in [3.63, 3.8) is 0 Å². The molecule has 1 atom stereocenters. The highest BCUT2D eigenvalue weighted by Crippen LogP contribution is 2.31. The van der Waals surface area contributed by atoms with Crippen LogP contribution in [0.25, 0.3) is 0 Å². The predicted octanol–water partition coefficient (Wildman–Crippen LogP) is 4.54. The molecule has 0 spiro atoms. The van der Waals surface area contributed by atoms with Crippen LogP contribution in [0, 0.1) is 18.7 Å². The fourth-order valence-electron chi connectivity index (χ4n) is 5.36. The smallest absolute Gasteiger partial charge is 0.127 e. The minimum Gasteiger partial charge on any atom is -0.508 e. The van der Waals surface area contributed by atoms with Crippen molar-refractivity contribution in [2.75, 3.05) is 27.2 Å². The monoisotopic (exact) mass is 480 g/mol. The number of phenols is 1. The van der Waals surface area contributed by atoms with Gasteiger partial charge in [0, 0.05) is 49.6 Å². The molecule has 7 heteroatoms. The molecule has 1 unspecified atom stereocenters. The first-order valence-corrected chi connectivity index (χ1v) is 12.3. The SMILES string of the molecule is COc1cc(O)ccc1CN1CCC(C(Cc2ccccc2F)N(C)Cc2cn(C)nc2C)CC1. The first-order valence-electron chi connectivity index (χ1n) is 12.3. The second-order valence-electron chi connectivity index (χ2n) is 9.80. The Bertz CT molecular complexity index is 1120. The van der Waals surface area contributed by atoms with E-state index >= 15 is 0 Å². The van der Waals surface area contributed by atoms with Crippen molar-refractivity contribution >= 4 is 0 Å². The van der Waals surface area contributed by atoms with Gasteiger partial charge in [-0.05, 0) is 69.9 Å². The van der Waals surface area contributed by atoms with Gasteiger partial charge in [-0.2, -0.15) is 5.10 Å². The molecular formula is C28H37FN4O2. The van der Waals surface area contributed by atoms with Crippen molar-refractivity contribution in [1.29, 1.82) is 0 Å². The predicted molar refractivity (Wildman–Crippen MR) is 136 cm³/mol. The maximum absolute atomic E-state index is 14.6. The highest BCUT2D eigenvalue weighted by Gasteiger charge is 2.30. The van der Waals surface area contributed by atoms with E-state index in [9.17, 15) is 9.50 Å². The zero-order chi connectivity index (χ0) is 24.9. The molecule has 6 nitrogen and oxygen atoms in total. The van der Waals surface area contributed by atoms with Crippen LogP contribution in [0.5, 0.6) is 11.5 Å². The molecule has 0 aliphatic carbocycles. The van der Waals surface area contributed by atoms with Crippen LogP contribution in [0.4, 0.5) is 4.39 Å². The molecule has 0 amide bonds. The third-order valence-electron chi connectivity index (χ3n) is 7.33. The number of aromatic nitrogens is 2. The van der Waals surface area contributed by atoms with Crippen LogP contribution in [0.2, 0.25) is 0 Å². The number of ether oxygens (including phenoxy) is 1. The lowest BCUT2D eigenvalue weighted by Gasteiger charge is -2.40. The quantitative estimate of drug-likeness (QED) is 0.488. The molecule has 188 valence electrons. The molecule has 1 N–H and O–H groups in total. The Balaban J connectivity index is 1.46. The summed E-state index contributed by atoms with van der Waals surface area (Å²) in [4.78, 5) is 4.83. The number of hydrogen-bond acceptors (Lipinski definition) is 5. The maximum atomic E-state index is 14.6. The molecule has 0 saturated carbocycles. The van der Waals surface area contributed by atoms with Crippen molar-refractivity contribution in [2.24, 2.45) is 13.0 Å². The fraction of sp³-hybridized carbons (Fsp3) is 0.464. The topological polar surface area (TPSA) is 53.8 Å². The van der Waals surface area contributed by atoms with Gasteiger partial charge in [-0.25, -0.2) is 4.39 Å². The number of piperidine rings is 1. The van der Waals surface area contributed by atoms with Crippen LogP contribution in [0.15, 0.2) is 48.7 Å². The summed E-state index contributed by atoms with van der Waals surface area (Å²) < 4.78 is 21.9. The molecule has 0 radical (unpaired) electrons. The van der Waals surface area contributed by atoms with Crippen LogP contribution < -0.4 is 4.74 Å².